The molecule has 0 saturated heterocycles. The summed E-state index contributed by atoms with van der Waals surface area (Å²) in [6, 6.07) is 23.1. The van der Waals surface area contributed by atoms with Crippen molar-refractivity contribution in [1.29, 1.82) is 5.26 Å². The molecule has 0 radical (unpaired) electrons. The number of benzene rings is 3. The van der Waals surface area contributed by atoms with Crippen LogP contribution < -0.4 is 16.4 Å². The number of anilines is 1. The van der Waals surface area contributed by atoms with E-state index in [0.29, 0.717) is 40.8 Å². The number of halogens is 3. The van der Waals surface area contributed by atoms with E-state index in [4.69, 9.17) is 10.5 Å². The van der Waals surface area contributed by atoms with Gasteiger partial charge in [0.05, 0.1) is 22.9 Å². The van der Waals surface area contributed by atoms with E-state index < -0.39 is 35.0 Å². The largest absolute Gasteiger partial charge is 0.444 e. The summed E-state index contributed by atoms with van der Waals surface area (Å²) in [7, 11) is 0. The van der Waals surface area contributed by atoms with Crippen molar-refractivity contribution >= 4 is 17.7 Å². The van der Waals surface area contributed by atoms with Gasteiger partial charge in [-0.1, -0.05) is 49.2 Å². The van der Waals surface area contributed by atoms with E-state index in [1.165, 1.54) is 12.1 Å². The molecule has 4 aromatic rings. The van der Waals surface area contributed by atoms with Crippen molar-refractivity contribution in [3.8, 4) is 11.8 Å². The Kier molecular flexibility index (Phi) is 9.64. The van der Waals surface area contributed by atoms with Gasteiger partial charge in [0.2, 0.25) is 0 Å². The van der Waals surface area contributed by atoms with Crippen molar-refractivity contribution in [2.45, 2.75) is 70.3 Å². The van der Waals surface area contributed by atoms with Crippen LogP contribution in [-0.4, -0.2) is 27.4 Å². The summed E-state index contributed by atoms with van der Waals surface area (Å²) < 4.78 is 47.7. The van der Waals surface area contributed by atoms with Crippen LogP contribution in [0.2, 0.25) is 0 Å². The highest BCUT2D eigenvalue weighted by molar-refractivity contribution is 6.03. The van der Waals surface area contributed by atoms with E-state index in [-0.39, 0.29) is 17.9 Å². The second-order valence-electron chi connectivity index (χ2n) is 13.0. The Balaban J connectivity index is 1.42. The fourth-order valence-corrected chi connectivity index (χ4v) is 5.37. The number of nitrogens with two attached hydrogens (primary N) is 1. The average molecular weight is 659 g/mol. The van der Waals surface area contributed by atoms with Gasteiger partial charge in [-0.15, -0.1) is 0 Å². The number of alkyl halides is 3. The predicted octanol–water partition coefficient (Wildman–Crippen LogP) is 7.43. The molecular weight excluding hydrogens is 621 g/mol. The lowest BCUT2D eigenvalue weighted by Gasteiger charge is -2.31. The Labute approximate surface area is 276 Å². The van der Waals surface area contributed by atoms with E-state index in [1.807, 2.05) is 18.2 Å². The number of carbonyl (C=O) groups excluding carboxylic acids is 2. The molecule has 5 rings (SSSR count). The van der Waals surface area contributed by atoms with Gasteiger partial charge in [-0.25, -0.2) is 9.48 Å². The molecule has 0 aliphatic heterocycles. The van der Waals surface area contributed by atoms with Crippen molar-refractivity contribution in [3.63, 3.8) is 0 Å². The van der Waals surface area contributed by atoms with Gasteiger partial charge in [0.1, 0.15) is 11.3 Å². The summed E-state index contributed by atoms with van der Waals surface area (Å²) in [6.45, 7) is 5.21. The minimum Gasteiger partial charge on any atom is -0.444 e. The maximum atomic E-state index is 13.8. The van der Waals surface area contributed by atoms with Crippen molar-refractivity contribution < 1.29 is 27.5 Å². The normalized spacial score (nSPS) is 14.5. The standard InChI is InChI=1S/C36H37F3N6O3/c1-34(2,3)48-33(47)42-22-25-6-4-9-29(18-25)45-30(20-31(44-45)36(37,38)39)32(46)43-28-8-5-7-27(19-28)35(41,17-16-23-10-11-23)26-14-12-24(21-40)13-15-26/h4-9,12-15,18-20,23H,10-11,16-17,22,41H2,1-3H3,(H,42,47)(H,43,46). The lowest BCUT2D eigenvalue weighted by Crippen LogP contribution is -2.38. The predicted molar refractivity (Wildman–Crippen MR) is 174 cm³/mol. The molecule has 1 atom stereocenters. The lowest BCUT2D eigenvalue weighted by molar-refractivity contribution is -0.141. The highest BCUT2D eigenvalue weighted by Gasteiger charge is 2.37. The summed E-state index contributed by atoms with van der Waals surface area (Å²) >= 11 is 0. The summed E-state index contributed by atoms with van der Waals surface area (Å²) in [5.74, 6) is -0.213. The number of nitriles is 1. The number of hydrogen-bond donors (Lipinski definition) is 3. The highest BCUT2D eigenvalue weighted by Crippen LogP contribution is 2.40. The van der Waals surface area contributed by atoms with Crippen molar-refractivity contribution in [3.05, 3.63) is 113 Å². The number of alkyl carbamates (subject to hydrolysis) is 1. The van der Waals surface area contributed by atoms with Crippen LogP contribution >= 0.6 is 0 Å². The van der Waals surface area contributed by atoms with E-state index in [2.05, 4.69) is 21.8 Å². The number of carbonyl (C=O) groups is 2. The highest BCUT2D eigenvalue weighted by atomic mass is 19.4. The smallest absolute Gasteiger partial charge is 0.435 e. The first-order valence-electron chi connectivity index (χ1n) is 15.6. The lowest BCUT2D eigenvalue weighted by atomic mass is 9.79. The van der Waals surface area contributed by atoms with E-state index in [9.17, 15) is 28.0 Å². The topological polar surface area (TPSA) is 135 Å². The maximum absolute atomic E-state index is 13.8. The fourth-order valence-electron chi connectivity index (χ4n) is 5.37. The number of ether oxygens (including phenoxy) is 1. The molecule has 12 heteroatoms. The summed E-state index contributed by atoms with van der Waals surface area (Å²) in [6.07, 6.45) is -1.63. The summed E-state index contributed by atoms with van der Waals surface area (Å²) in [5.41, 5.74) is 6.97. The zero-order valence-corrected chi connectivity index (χ0v) is 26.9. The Bertz CT molecular complexity index is 1840. The molecule has 1 aliphatic carbocycles. The molecule has 3 aromatic carbocycles. The van der Waals surface area contributed by atoms with Gasteiger partial charge in [-0.3, -0.25) is 4.79 Å². The molecule has 48 heavy (non-hydrogen) atoms. The number of nitrogens with zero attached hydrogens (tertiary/aromatic N) is 3. The third kappa shape index (κ3) is 8.41. The molecule has 1 fully saturated rings. The van der Waals surface area contributed by atoms with Gasteiger partial charge in [0, 0.05) is 18.3 Å². The molecule has 2 amide bonds. The average Bonchev–Trinajstić information content (AvgIpc) is 3.76. The number of rotatable bonds is 10. The molecule has 1 saturated carbocycles. The number of nitrogens with one attached hydrogen (secondary N) is 2. The zero-order chi connectivity index (χ0) is 34.7. The second-order valence-corrected chi connectivity index (χ2v) is 13.0. The van der Waals surface area contributed by atoms with Gasteiger partial charge < -0.3 is 21.1 Å². The minimum atomic E-state index is -4.81. The molecule has 9 nitrogen and oxygen atoms in total. The van der Waals surface area contributed by atoms with Crippen LogP contribution in [0.25, 0.3) is 5.69 Å². The SMILES string of the molecule is CC(C)(C)OC(=O)NCc1cccc(-n2nc(C(F)(F)F)cc2C(=O)Nc2cccc(C(N)(CCC3CC3)c3ccc(C#N)cc3)c2)c1. The summed E-state index contributed by atoms with van der Waals surface area (Å²) in [5, 5.41) is 18.3. The van der Waals surface area contributed by atoms with Crippen molar-refractivity contribution in [2.75, 3.05) is 5.32 Å². The van der Waals surface area contributed by atoms with Crippen LogP contribution in [0.3, 0.4) is 0 Å². The minimum absolute atomic E-state index is 0.0330. The Morgan fingerprint density at radius 2 is 1.71 bits per heavy atom. The first-order valence-corrected chi connectivity index (χ1v) is 15.6. The summed E-state index contributed by atoms with van der Waals surface area (Å²) in [4.78, 5) is 25.8. The van der Waals surface area contributed by atoms with E-state index in [1.54, 1.807) is 63.2 Å². The van der Waals surface area contributed by atoms with Crippen LogP contribution in [0, 0.1) is 17.2 Å². The molecule has 0 bridgehead atoms. The first-order chi connectivity index (χ1) is 22.6. The van der Waals surface area contributed by atoms with Gasteiger partial charge in [0.25, 0.3) is 5.91 Å². The molecular formula is C36H37F3N6O3. The molecule has 4 N–H and O–H groups in total. The number of aromatic nitrogens is 2. The Hall–Kier alpha value is -5.15. The van der Waals surface area contributed by atoms with E-state index >= 15 is 0 Å². The van der Waals surface area contributed by atoms with Crippen LogP contribution in [0.4, 0.5) is 23.7 Å². The fraction of sp³-hybridized carbons (Fsp3) is 0.333. The van der Waals surface area contributed by atoms with E-state index in [0.717, 1.165) is 29.5 Å². The zero-order valence-electron chi connectivity index (χ0n) is 26.9. The van der Waals surface area contributed by atoms with Gasteiger partial charge in [-0.2, -0.15) is 23.5 Å². The molecule has 250 valence electrons. The molecule has 1 aliphatic rings. The first kappa shape index (κ1) is 34.2. The second kappa shape index (κ2) is 13.5. The van der Waals surface area contributed by atoms with Crippen molar-refractivity contribution in [2.24, 2.45) is 11.7 Å². The molecule has 0 spiro atoms. The molecule has 1 aromatic heterocycles. The number of hydrogen-bond acceptors (Lipinski definition) is 6. The third-order valence-electron chi connectivity index (χ3n) is 8.03. The third-order valence-corrected chi connectivity index (χ3v) is 8.03. The van der Waals surface area contributed by atoms with Crippen LogP contribution in [0.15, 0.2) is 78.9 Å². The van der Waals surface area contributed by atoms with Crippen LogP contribution in [0.5, 0.6) is 0 Å². The van der Waals surface area contributed by atoms with Crippen LogP contribution in [0.1, 0.15) is 84.9 Å². The number of amides is 2. The van der Waals surface area contributed by atoms with Gasteiger partial charge in [0.15, 0.2) is 5.69 Å². The van der Waals surface area contributed by atoms with Crippen molar-refractivity contribution in [1.82, 2.24) is 15.1 Å². The molecule has 1 heterocycles. The Morgan fingerprint density at radius 3 is 2.35 bits per heavy atom. The van der Waals surface area contributed by atoms with Crippen LogP contribution in [-0.2, 0) is 23.0 Å². The van der Waals surface area contributed by atoms with Gasteiger partial charge in [-0.05, 0) is 92.6 Å². The molecule has 1 unspecified atom stereocenters. The quantitative estimate of drug-likeness (QED) is 0.162. The van der Waals surface area contributed by atoms with Gasteiger partial charge >= 0.3 is 12.3 Å². The maximum Gasteiger partial charge on any atom is 0.435 e. The monoisotopic (exact) mass is 658 g/mol. The Morgan fingerprint density at radius 1 is 1.00 bits per heavy atom.